The highest BCUT2D eigenvalue weighted by Gasteiger charge is 2.19. The fourth-order valence-electron chi connectivity index (χ4n) is 2.83. The summed E-state index contributed by atoms with van der Waals surface area (Å²) in [6.45, 7) is 3.61. The number of aromatic nitrogens is 1. The second-order valence-corrected chi connectivity index (χ2v) is 8.63. The molecule has 3 rings (SSSR count). The Bertz CT molecular complexity index is 1350. The predicted molar refractivity (Wildman–Crippen MR) is 124 cm³/mol. The molecule has 1 heterocycles. The molecular formula is C22H18ClN3O5S. The van der Waals surface area contributed by atoms with Crippen LogP contribution in [0.2, 0.25) is 5.15 Å². The number of allylic oxidation sites excluding steroid dienone is 2. The van der Waals surface area contributed by atoms with Crippen LogP contribution in [-0.4, -0.2) is 29.6 Å². The van der Waals surface area contributed by atoms with E-state index in [1.807, 2.05) is 0 Å². The fourth-order valence-corrected chi connectivity index (χ4v) is 4.06. The number of pyridine rings is 1. The maximum Gasteiger partial charge on any atom is 0.339 e. The third kappa shape index (κ3) is 4.90. The van der Waals surface area contributed by atoms with Crippen LogP contribution in [0.4, 0.5) is 11.4 Å². The Balaban J connectivity index is 1.99. The van der Waals surface area contributed by atoms with Crippen LogP contribution in [0.1, 0.15) is 15.9 Å². The molecule has 32 heavy (non-hydrogen) atoms. The lowest BCUT2D eigenvalue weighted by Crippen LogP contribution is -2.13. The van der Waals surface area contributed by atoms with Crippen molar-refractivity contribution >= 4 is 45.0 Å². The Morgan fingerprint density at radius 2 is 1.94 bits per heavy atom. The van der Waals surface area contributed by atoms with Gasteiger partial charge in [0.1, 0.15) is 21.4 Å². The van der Waals surface area contributed by atoms with E-state index < -0.39 is 21.7 Å². The molecule has 8 nitrogen and oxygen atoms in total. The number of nitrogens with one attached hydrogen (secondary N) is 1. The van der Waals surface area contributed by atoms with Crippen molar-refractivity contribution in [2.24, 2.45) is 0 Å². The number of hydrogen-bond donors (Lipinski definition) is 4. The maximum atomic E-state index is 12.9. The summed E-state index contributed by atoms with van der Waals surface area (Å²) in [5.74, 6) is -1.91. The van der Waals surface area contributed by atoms with Crippen LogP contribution in [0.3, 0.4) is 0 Å². The van der Waals surface area contributed by atoms with Crippen LogP contribution in [0.5, 0.6) is 5.75 Å². The van der Waals surface area contributed by atoms with Gasteiger partial charge in [0.2, 0.25) is 0 Å². The number of hydrogen-bond acceptors (Lipinski definition) is 6. The number of phenols is 1. The molecule has 0 bridgehead atoms. The van der Waals surface area contributed by atoms with Crippen LogP contribution in [0, 0.1) is 0 Å². The number of rotatable bonds is 7. The lowest BCUT2D eigenvalue weighted by Gasteiger charge is -2.12. The quantitative estimate of drug-likeness (QED) is 0.227. The molecule has 0 saturated heterocycles. The molecule has 0 spiro atoms. The van der Waals surface area contributed by atoms with Gasteiger partial charge in [-0.25, -0.2) is 18.2 Å². The summed E-state index contributed by atoms with van der Waals surface area (Å²) in [5, 5.41) is 18.9. The molecule has 3 aromatic rings. The largest absolute Gasteiger partial charge is 0.507 e. The van der Waals surface area contributed by atoms with E-state index in [9.17, 15) is 18.3 Å². The third-order valence-electron chi connectivity index (χ3n) is 4.41. The number of carboxylic acid groups (broad SMARTS) is 1. The van der Waals surface area contributed by atoms with Gasteiger partial charge in [-0.05, 0) is 41.5 Å². The van der Waals surface area contributed by atoms with Crippen LogP contribution < -0.4 is 10.5 Å². The van der Waals surface area contributed by atoms with Gasteiger partial charge in [-0.15, -0.1) is 0 Å². The maximum absolute atomic E-state index is 12.9. The molecule has 5 N–H and O–H groups in total. The Kier molecular flexibility index (Phi) is 6.52. The normalized spacial score (nSPS) is 11.4. The number of sulfonamides is 1. The number of nitrogen functional groups attached to an aromatic ring is 1. The van der Waals surface area contributed by atoms with Gasteiger partial charge in [0, 0.05) is 23.5 Å². The number of anilines is 2. The Labute approximate surface area is 189 Å². The predicted octanol–water partition coefficient (Wildman–Crippen LogP) is 4.39. The van der Waals surface area contributed by atoms with Gasteiger partial charge >= 0.3 is 5.97 Å². The van der Waals surface area contributed by atoms with E-state index in [4.69, 9.17) is 22.4 Å². The van der Waals surface area contributed by atoms with E-state index in [0.29, 0.717) is 22.4 Å². The SMILES string of the molecule is C=C/C=C\c1cc(-c2cc(S(=O)(=O)Nc3ccc(C(=O)O)c(O)c3)cnc2Cl)ccc1N. The minimum absolute atomic E-state index is 0.0201. The standard InChI is InChI=1S/C22H18ClN3O5S/c1-2-3-4-14-9-13(5-8-19(14)24)18-11-16(12-25-21(18)23)32(30,31)26-15-6-7-17(22(28)29)20(27)10-15/h2-12,26-27H,1,24H2,(H,28,29)/b4-3-. The average molecular weight is 472 g/mol. The second kappa shape index (κ2) is 9.13. The Morgan fingerprint density at radius 1 is 1.19 bits per heavy atom. The molecule has 0 fully saturated rings. The van der Waals surface area contributed by atoms with Crippen molar-refractivity contribution in [2.75, 3.05) is 10.5 Å². The van der Waals surface area contributed by atoms with E-state index in [1.54, 1.807) is 36.4 Å². The second-order valence-electron chi connectivity index (χ2n) is 6.59. The number of carboxylic acids is 1. The van der Waals surface area contributed by atoms with Gasteiger partial charge in [-0.1, -0.05) is 42.5 Å². The summed E-state index contributed by atoms with van der Waals surface area (Å²) in [6, 6.07) is 9.78. The fraction of sp³-hybridized carbons (Fsp3) is 0. The summed E-state index contributed by atoms with van der Waals surface area (Å²) >= 11 is 6.22. The highest BCUT2D eigenvalue weighted by molar-refractivity contribution is 7.92. The molecule has 0 atom stereocenters. The molecule has 164 valence electrons. The highest BCUT2D eigenvalue weighted by Crippen LogP contribution is 2.32. The summed E-state index contributed by atoms with van der Waals surface area (Å²) < 4.78 is 28.0. The molecule has 0 aliphatic heterocycles. The number of aromatic carboxylic acids is 1. The van der Waals surface area contributed by atoms with Crippen LogP contribution in [-0.2, 0) is 10.0 Å². The summed E-state index contributed by atoms with van der Waals surface area (Å²) in [6.07, 6.45) is 6.16. The Morgan fingerprint density at radius 3 is 2.59 bits per heavy atom. The molecule has 0 aliphatic carbocycles. The van der Waals surface area contributed by atoms with Crippen molar-refractivity contribution in [3.8, 4) is 16.9 Å². The van der Waals surface area contributed by atoms with E-state index in [1.165, 1.54) is 12.1 Å². The molecular weight excluding hydrogens is 454 g/mol. The van der Waals surface area contributed by atoms with E-state index in [2.05, 4.69) is 16.3 Å². The number of nitrogens with two attached hydrogens (primary N) is 1. The average Bonchev–Trinajstić information content (AvgIpc) is 2.73. The molecule has 2 aromatic carbocycles. The zero-order chi connectivity index (χ0) is 23.5. The van der Waals surface area contributed by atoms with E-state index in [0.717, 1.165) is 18.3 Å². The topological polar surface area (TPSA) is 143 Å². The van der Waals surface area contributed by atoms with Crippen LogP contribution in [0.15, 0.2) is 72.3 Å². The Hall–Kier alpha value is -3.82. The number of aromatic hydroxyl groups is 1. The molecule has 0 radical (unpaired) electrons. The van der Waals surface area contributed by atoms with Gasteiger partial charge in [0.25, 0.3) is 10.0 Å². The van der Waals surface area contributed by atoms with E-state index in [-0.39, 0.29) is 21.3 Å². The molecule has 10 heteroatoms. The van der Waals surface area contributed by atoms with Crippen molar-refractivity contribution in [3.05, 3.63) is 83.7 Å². The molecule has 0 saturated carbocycles. The van der Waals surface area contributed by atoms with Crippen molar-refractivity contribution in [1.82, 2.24) is 4.98 Å². The lowest BCUT2D eigenvalue weighted by molar-refractivity contribution is 0.0694. The molecule has 0 aliphatic rings. The first-order valence-corrected chi connectivity index (χ1v) is 10.9. The first-order valence-electron chi connectivity index (χ1n) is 9.06. The molecule has 0 amide bonds. The summed E-state index contributed by atoms with van der Waals surface area (Å²) in [4.78, 5) is 14.8. The van der Waals surface area contributed by atoms with E-state index >= 15 is 0 Å². The zero-order valence-corrected chi connectivity index (χ0v) is 18.1. The minimum Gasteiger partial charge on any atom is -0.507 e. The van der Waals surface area contributed by atoms with Crippen molar-refractivity contribution < 1.29 is 23.4 Å². The summed E-state index contributed by atoms with van der Waals surface area (Å²) in [7, 11) is -4.12. The molecule has 1 aromatic heterocycles. The number of halogens is 1. The number of carbonyl (C=O) groups is 1. The van der Waals surface area contributed by atoms with Crippen molar-refractivity contribution in [3.63, 3.8) is 0 Å². The monoisotopic (exact) mass is 471 g/mol. The number of benzene rings is 2. The lowest BCUT2D eigenvalue weighted by atomic mass is 10.0. The third-order valence-corrected chi connectivity index (χ3v) is 6.06. The van der Waals surface area contributed by atoms with Crippen LogP contribution in [0.25, 0.3) is 17.2 Å². The van der Waals surface area contributed by atoms with Gasteiger partial charge in [0.05, 0.1) is 5.69 Å². The smallest absolute Gasteiger partial charge is 0.339 e. The van der Waals surface area contributed by atoms with Crippen molar-refractivity contribution in [2.45, 2.75) is 4.90 Å². The summed E-state index contributed by atoms with van der Waals surface area (Å²) in [5.41, 5.74) is 7.78. The van der Waals surface area contributed by atoms with Crippen LogP contribution >= 0.6 is 11.6 Å². The highest BCUT2D eigenvalue weighted by atomic mass is 35.5. The van der Waals surface area contributed by atoms with Crippen molar-refractivity contribution in [1.29, 1.82) is 0 Å². The van der Waals surface area contributed by atoms with Gasteiger partial charge < -0.3 is 15.9 Å². The first kappa shape index (κ1) is 22.9. The molecule has 0 unspecified atom stereocenters. The number of nitrogens with zero attached hydrogens (tertiary/aromatic N) is 1. The zero-order valence-electron chi connectivity index (χ0n) is 16.5. The van der Waals surface area contributed by atoms with Gasteiger partial charge in [-0.2, -0.15) is 0 Å². The first-order chi connectivity index (χ1) is 15.1. The van der Waals surface area contributed by atoms with Gasteiger partial charge in [-0.3, -0.25) is 4.72 Å². The van der Waals surface area contributed by atoms with Gasteiger partial charge in [0.15, 0.2) is 0 Å². The minimum atomic E-state index is -4.12.